The van der Waals surface area contributed by atoms with Gasteiger partial charge >= 0.3 is 0 Å². The number of benzene rings is 1. The molecule has 0 saturated heterocycles. The minimum atomic E-state index is -0.290. The van der Waals surface area contributed by atoms with Crippen molar-refractivity contribution < 1.29 is 4.79 Å². The van der Waals surface area contributed by atoms with Crippen LogP contribution in [0.5, 0.6) is 0 Å². The lowest BCUT2D eigenvalue weighted by Gasteiger charge is -2.07. The Morgan fingerprint density at radius 2 is 2.20 bits per heavy atom. The average molecular weight is 374 g/mol. The van der Waals surface area contributed by atoms with Gasteiger partial charge in [0.05, 0.1) is 28.6 Å². The molecule has 126 valence electrons. The molecule has 10 heteroatoms. The third kappa shape index (κ3) is 3.06. The van der Waals surface area contributed by atoms with Crippen LogP contribution in [0.2, 0.25) is 5.02 Å². The van der Waals surface area contributed by atoms with E-state index in [2.05, 4.69) is 30.9 Å². The lowest BCUT2D eigenvalue weighted by Crippen LogP contribution is -2.10. The quantitative estimate of drug-likeness (QED) is 0.509. The van der Waals surface area contributed by atoms with Crippen LogP contribution in [-0.2, 0) is 7.05 Å². The first-order valence-electron chi connectivity index (χ1n) is 7.25. The highest BCUT2D eigenvalue weighted by Crippen LogP contribution is 2.31. The predicted octanol–water partition coefficient (Wildman–Crippen LogP) is 3.40. The molecule has 1 aromatic carbocycles. The predicted molar refractivity (Wildman–Crippen MR) is 97.7 cm³/mol. The fraction of sp³-hybridized carbons (Fsp3) is 0.0667. The summed E-state index contributed by atoms with van der Waals surface area (Å²) in [6, 6.07) is 5.33. The molecule has 25 heavy (non-hydrogen) atoms. The van der Waals surface area contributed by atoms with E-state index in [1.165, 1.54) is 17.5 Å². The number of rotatable bonds is 4. The summed E-state index contributed by atoms with van der Waals surface area (Å²) in [5.41, 5.74) is 1.31. The van der Waals surface area contributed by atoms with Crippen molar-refractivity contribution in [3.05, 3.63) is 46.7 Å². The Morgan fingerprint density at radius 1 is 1.32 bits per heavy atom. The van der Waals surface area contributed by atoms with Gasteiger partial charge in [-0.05, 0) is 12.1 Å². The Labute approximate surface area is 150 Å². The Hall–Kier alpha value is -2.91. The van der Waals surface area contributed by atoms with Gasteiger partial charge in [-0.15, -0.1) is 0 Å². The Morgan fingerprint density at radius 3 is 3.00 bits per heavy atom. The monoisotopic (exact) mass is 373 g/mol. The Kier molecular flexibility index (Phi) is 3.86. The molecule has 0 atom stereocenters. The number of carbonyl (C=O) groups is 1. The second-order valence-corrected chi connectivity index (χ2v) is 6.67. The van der Waals surface area contributed by atoms with Gasteiger partial charge in [-0.2, -0.15) is 10.2 Å². The minimum Gasteiger partial charge on any atom is -0.319 e. The molecule has 8 nitrogen and oxygen atoms in total. The first-order valence-corrected chi connectivity index (χ1v) is 8.45. The number of carbonyl (C=O) groups excluding carboxylic acids is 1. The molecule has 0 unspecified atom stereocenters. The fourth-order valence-electron chi connectivity index (χ4n) is 2.32. The summed E-state index contributed by atoms with van der Waals surface area (Å²) in [4.78, 5) is 17.2. The van der Waals surface area contributed by atoms with Gasteiger partial charge in [-0.1, -0.05) is 22.9 Å². The van der Waals surface area contributed by atoms with E-state index in [0.29, 0.717) is 26.5 Å². The number of hydrogen-bond donors (Lipinski definition) is 3. The largest absolute Gasteiger partial charge is 0.319 e. The summed E-state index contributed by atoms with van der Waals surface area (Å²) in [7, 11) is 1.83. The number of aromatic nitrogens is 5. The highest BCUT2D eigenvalue weighted by molar-refractivity contribution is 7.17. The van der Waals surface area contributed by atoms with Gasteiger partial charge in [-0.25, -0.2) is 4.98 Å². The third-order valence-electron chi connectivity index (χ3n) is 3.49. The van der Waals surface area contributed by atoms with Crippen molar-refractivity contribution in [1.29, 1.82) is 0 Å². The number of halogens is 1. The summed E-state index contributed by atoms with van der Waals surface area (Å²) in [5, 5.41) is 18.7. The van der Waals surface area contributed by atoms with E-state index in [4.69, 9.17) is 11.6 Å². The molecular formula is C15H12ClN7OS. The Balaban J connectivity index is 1.55. The topological polar surface area (TPSA) is 101 Å². The highest BCUT2D eigenvalue weighted by atomic mass is 35.5. The van der Waals surface area contributed by atoms with Crippen molar-refractivity contribution >= 4 is 56.4 Å². The smallest absolute Gasteiger partial charge is 0.267 e. The van der Waals surface area contributed by atoms with E-state index in [1.807, 2.05) is 25.4 Å². The number of nitrogens with zero attached hydrogens (tertiary/aromatic N) is 4. The average Bonchev–Trinajstić information content (AvgIpc) is 3.31. The molecule has 3 N–H and O–H groups in total. The highest BCUT2D eigenvalue weighted by Gasteiger charge is 2.15. The van der Waals surface area contributed by atoms with Gasteiger partial charge in [0.25, 0.3) is 5.91 Å². The third-order valence-corrected chi connectivity index (χ3v) is 4.72. The normalized spacial score (nSPS) is 11.0. The van der Waals surface area contributed by atoms with Crippen LogP contribution in [0.1, 0.15) is 9.67 Å². The molecule has 0 aliphatic rings. The number of aromatic amines is 1. The molecule has 4 aromatic rings. The van der Waals surface area contributed by atoms with E-state index < -0.39 is 0 Å². The van der Waals surface area contributed by atoms with Crippen LogP contribution in [0.3, 0.4) is 0 Å². The van der Waals surface area contributed by atoms with Gasteiger partial charge in [0, 0.05) is 24.7 Å². The standard InChI is InChI=1S/C15H12ClN7OS/c1-23-5-4-12(22-23)19-15-17-7-11(25-15)14(24)20-13-8-6-18-21-10(8)3-2-9(13)16/h2-7H,1H3,(H,18,21)(H,20,24)(H,17,19,22). The SMILES string of the molecule is Cn1ccc(Nc2ncc(C(=O)Nc3c(Cl)ccc4[nH]ncc34)s2)n1. The molecule has 0 aliphatic carbocycles. The summed E-state index contributed by atoms with van der Waals surface area (Å²) in [5.74, 6) is 0.372. The van der Waals surface area contributed by atoms with Crippen molar-refractivity contribution in [2.75, 3.05) is 10.6 Å². The van der Waals surface area contributed by atoms with Crippen molar-refractivity contribution in [1.82, 2.24) is 25.0 Å². The molecule has 1 amide bonds. The van der Waals surface area contributed by atoms with Gasteiger partial charge < -0.3 is 10.6 Å². The van der Waals surface area contributed by atoms with Crippen LogP contribution < -0.4 is 10.6 Å². The van der Waals surface area contributed by atoms with E-state index in [1.54, 1.807) is 16.9 Å². The van der Waals surface area contributed by atoms with E-state index in [0.717, 1.165) is 10.9 Å². The van der Waals surface area contributed by atoms with Crippen LogP contribution in [-0.4, -0.2) is 30.9 Å². The number of fused-ring (bicyclic) bond motifs is 1. The molecule has 4 rings (SSSR count). The molecule has 0 fully saturated rings. The second-order valence-electron chi connectivity index (χ2n) is 5.24. The van der Waals surface area contributed by atoms with Crippen LogP contribution in [0.25, 0.3) is 10.9 Å². The molecule has 3 heterocycles. The lowest BCUT2D eigenvalue weighted by molar-refractivity contribution is 0.103. The lowest BCUT2D eigenvalue weighted by atomic mass is 10.2. The maximum atomic E-state index is 12.5. The first-order chi connectivity index (χ1) is 12.1. The van der Waals surface area contributed by atoms with Crippen LogP contribution >= 0.6 is 22.9 Å². The van der Waals surface area contributed by atoms with Gasteiger partial charge in [0.2, 0.25) is 0 Å². The van der Waals surface area contributed by atoms with E-state index in [-0.39, 0.29) is 5.91 Å². The number of hydrogen-bond acceptors (Lipinski definition) is 6. The molecule has 0 bridgehead atoms. The number of aryl methyl sites for hydroxylation is 1. The molecule has 3 aromatic heterocycles. The molecular weight excluding hydrogens is 362 g/mol. The summed E-state index contributed by atoms with van der Waals surface area (Å²) < 4.78 is 1.68. The number of anilines is 3. The number of amides is 1. The van der Waals surface area contributed by atoms with Gasteiger partial charge in [0.1, 0.15) is 4.88 Å². The van der Waals surface area contributed by atoms with Crippen molar-refractivity contribution in [3.63, 3.8) is 0 Å². The molecule has 0 spiro atoms. The first kappa shape index (κ1) is 15.6. The van der Waals surface area contributed by atoms with Crippen molar-refractivity contribution in [2.45, 2.75) is 0 Å². The minimum absolute atomic E-state index is 0.290. The zero-order valence-corrected chi connectivity index (χ0v) is 14.5. The van der Waals surface area contributed by atoms with Crippen molar-refractivity contribution in [3.8, 4) is 0 Å². The fourth-order valence-corrected chi connectivity index (χ4v) is 3.25. The zero-order chi connectivity index (χ0) is 17.4. The van der Waals surface area contributed by atoms with Gasteiger partial charge in [0.15, 0.2) is 10.9 Å². The maximum absolute atomic E-state index is 12.5. The zero-order valence-electron chi connectivity index (χ0n) is 12.9. The van der Waals surface area contributed by atoms with Crippen LogP contribution in [0.15, 0.2) is 36.8 Å². The van der Waals surface area contributed by atoms with Gasteiger partial charge in [-0.3, -0.25) is 14.6 Å². The molecule has 0 aliphatic heterocycles. The number of H-pyrrole nitrogens is 1. The second kappa shape index (κ2) is 6.19. The molecule has 0 radical (unpaired) electrons. The number of nitrogens with one attached hydrogen (secondary N) is 3. The maximum Gasteiger partial charge on any atom is 0.267 e. The summed E-state index contributed by atoms with van der Waals surface area (Å²) in [6.07, 6.45) is 4.95. The summed E-state index contributed by atoms with van der Waals surface area (Å²) in [6.45, 7) is 0. The van der Waals surface area contributed by atoms with Crippen molar-refractivity contribution in [2.24, 2.45) is 7.05 Å². The molecule has 0 saturated carbocycles. The number of thiazole rings is 1. The van der Waals surface area contributed by atoms with E-state index >= 15 is 0 Å². The summed E-state index contributed by atoms with van der Waals surface area (Å²) >= 11 is 7.44. The van der Waals surface area contributed by atoms with E-state index in [9.17, 15) is 4.79 Å². The van der Waals surface area contributed by atoms with Crippen LogP contribution in [0, 0.1) is 0 Å². The van der Waals surface area contributed by atoms with Crippen LogP contribution in [0.4, 0.5) is 16.6 Å². The Bertz CT molecular complexity index is 1070.